The van der Waals surface area contributed by atoms with Gasteiger partial charge in [-0.15, -0.1) is 0 Å². The van der Waals surface area contributed by atoms with Crippen LogP contribution in [0.4, 0.5) is 5.69 Å². The Kier molecular flexibility index (Phi) is 5.09. The van der Waals surface area contributed by atoms with Crippen molar-refractivity contribution in [3.05, 3.63) is 51.6 Å². The van der Waals surface area contributed by atoms with Gasteiger partial charge in [-0.1, -0.05) is 18.2 Å². The number of halogens is 1. The molecule has 0 bridgehead atoms. The maximum absolute atomic E-state index is 10.4. The van der Waals surface area contributed by atoms with E-state index in [4.69, 9.17) is 11.6 Å². The number of aliphatic hydroxyl groups is 1. The Morgan fingerprint density at radius 1 is 1.53 bits per heavy atom. The summed E-state index contributed by atoms with van der Waals surface area (Å²) in [6.45, 7) is 4.22. The Hall–Kier alpha value is -1.43. The first-order chi connectivity index (χ1) is 8.00. The van der Waals surface area contributed by atoms with E-state index in [1.807, 2.05) is 0 Å². The van der Waals surface area contributed by atoms with Crippen LogP contribution in [0.2, 0.25) is 0 Å². The normalized spacial score (nSPS) is 12.1. The summed E-state index contributed by atoms with van der Waals surface area (Å²) in [6.07, 6.45) is -0.730. The third kappa shape index (κ3) is 4.52. The number of benzene rings is 1. The molecule has 1 atom stereocenters. The van der Waals surface area contributed by atoms with E-state index in [0.29, 0.717) is 23.7 Å². The van der Waals surface area contributed by atoms with Crippen molar-refractivity contribution in [3.8, 4) is 0 Å². The van der Waals surface area contributed by atoms with Gasteiger partial charge in [0, 0.05) is 30.3 Å². The average molecular weight is 257 g/mol. The monoisotopic (exact) mass is 256 g/mol. The Bertz CT molecular complexity index is 406. The zero-order chi connectivity index (χ0) is 12.8. The summed E-state index contributed by atoms with van der Waals surface area (Å²) in [5.41, 5.74) is 0.617. The van der Waals surface area contributed by atoms with Gasteiger partial charge in [-0.3, -0.25) is 10.1 Å². The van der Waals surface area contributed by atoms with Crippen LogP contribution < -0.4 is 5.32 Å². The van der Waals surface area contributed by atoms with E-state index in [1.54, 1.807) is 0 Å². The predicted octanol–water partition coefficient (Wildman–Crippen LogP) is 1.97. The van der Waals surface area contributed by atoms with E-state index >= 15 is 0 Å². The molecule has 2 N–H and O–H groups in total. The van der Waals surface area contributed by atoms with Gasteiger partial charge < -0.3 is 10.4 Å². The fraction of sp³-hybridized carbons (Fsp3) is 0.273. The van der Waals surface area contributed by atoms with Gasteiger partial charge in [0.15, 0.2) is 0 Å². The minimum Gasteiger partial charge on any atom is -0.387 e. The van der Waals surface area contributed by atoms with Crippen molar-refractivity contribution in [2.24, 2.45) is 0 Å². The quantitative estimate of drug-likeness (QED) is 0.603. The lowest BCUT2D eigenvalue weighted by molar-refractivity contribution is -0.384. The van der Waals surface area contributed by atoms with E-state index in [-0.39, 0.29) is 5.69 Å². The van der Waals surface area contributed by atoms with Crippen LogP contribution in [0.5, 0.6) is 0 Å². The summed E-state index contributed by atoms with van der Waals surface area (Å²) in [7, 11) is 0. The number of hydrogen-bond donors (Lipinski definition) is 2. The van der Waals surface area contributed by atoms with Crippen molar-refractivity contribution in [2.45, 2.75) is 6.10 Å². The molecule has 0 heterocycles. The molecule has 92 valence electrons. The Labute approximate surface area is 104 Å². The fourth-order valence-electron chi connectivity index (χ4n) is 1.28. The van der Waals surface area contributed by atoms with Crippen LogP contribution in [-0.4, -0.2) is 23.1 Å². The van der Waals surface area contributed by atoms with Crippen LogP contribution in [0, 0.1) is 10.1 Å². The number of non-ortho nitro benzene ring substituents is 1. The van der Waals surface area contributed by atoms with Crippen LogP contribution in [0.25, 0.3) is 0 Å². The molecule has 0 spiro atoms. The Morgan fingerprint density at radius 2 is 2.12 bits per heavy atom. The largest absolute Gasteiger partial charge is 0.387 e. The van der Waals surface area contributed by atoms with Crippen LogP contribution in [0.1, 0.15) is 11.7 Å². The van der Waals surface area contributed by atoms with E-state index < -0.39 is 11.0 Å². The molecule has 0 saturated heterocycles. The molecule has 5 nitrogen and oxygen atoms in total. The molecule has 6 heteroatoms. The molecule has 17 heavy (non-hydrogen) atoms. The molecule has 1 aromatic carbocycles. The molecule has 1 rings (SSSR count). The first kappa shape index (κ1) is 13.6. The second-order valence-electron chi connectivity index (χ2n) is 3.51. The van der Waals surface area contributed by atoms with E-state index in [2.05, 4.69) is 11.9 Å². The molecule has 0 amide bonds. The van der Waals surface area contributed by atoms with Crippen molar-refractivity contribution in [3.63, 3.8) is 0 Å². The first-order valence-corrected chi connectivity index (χ1v) is 5.35. The third-order valence-corrected chi connectivity index (χ3v) is 2.28. The standard InChI is InChI=1S/C11H13ClN2O3/c1-8(12)6-13-7-11(15)9-2-4-10(5-3-9)14(16)17/h2-5,11,13,15H,1,6-7H2. The van der Waals surface area contributed by atoms with Crippen LogP contribution in [0.3, 0.4) is 0 Å². The molecule has 0 saturated carbocycles. The number of nitro benzene ring substituents is 1. The summed E-state index contributed by atoms with van der Waals surface area (Å²) in [4.78, 5) is 9.96. The minimum absolute atomic E-state index is 0.00282. The van der Waals surface area contributed by atoms with Crippen molar-refractivity contribution in [1.82, 2.24) is 5.32 Å². The summed E-state index contributed by atoms with van der Waals surface area (Å²) in [5.74, 6) is 0. The zero-order valence-electron chi connectivity index (χ0n) is 9.10. The lowest BCUT2D eigenvalue weighted by Gasteiger charge is -2.11. The van der Waals surface area contributed by atoms with Gasteiger partial charge in [0.25, 0.3) is 5.69 Å². The third-order valence-electron chi connectivity index (χ3n) is 2.14. The van der Waals surface area contributed by atoms with E-state index in [1.165, 1.54) is 24.3 Å². The minimum atomic E-state index is -0.730. The predicted molar refractivity (Wildman–Crippen MR) is 65.9 cm³/mol. The highest BCUT2D eigenvalue weighted by atomic mass is 35.5. The van der Waals surface area contributed by atoms with Gasteiger partial charge in [-0.2, -0.15) is 0 Å². The van der Waals surface area contributed by atoms with Gasteiger partial charge in [0.1, 0.15) is 0 Å². The van der Waals surface area contributed by atoms with Crippen LogP contribution in [0.15, 0.2) is 35.9 Å². The highest BCUT2D eigenvalue weighted by molar-refractivity contribution is 6.29. The highest BCUT2D eigenvalue weighted by Gasteiger charge is 2.09. The van der Waals surface area contributed by atoms with Gasteiger partial charge in [-0.05, 0) is 17.7 Å². The van der Waals surface area contributed by atoms with Gasteiger partial charge >= 0.3 is 0 Å². The number of nitro groups is 1. The molecule has 0 aromatic heterocycles. The second-order valence-corrected chi connectivity index (χ2v) is 4.05. The molecule has 1 aromatic rings. The highest BCUT2D eigenvalue weighted by Crippen LogP contribution is 2.17. The zero-order valence-corrected chi connectivity index (χ0v) is 9.85. The first-order valence-electron chi connectivity index (χ1n) is 4.97. The molecular formula is C11H13ClN2O3. The van der Waals surface area contributed by atoms with Gasteiger partial charge in [0.2, 0.25) is 0 Å². The number of hydrogen-bond acceptors (Lipinski definition) is 4. The molecule has 0 radical (unpaired) electrons. The number of aliphatic hydroxyl groups excluding tert-OH is 1. The number of rotatable bonds is 6. The molecule has 0 fully saturated rings. The summed E-state index contributed by atoms with van der Waals surface area (Å²) in [5, 5.41) is 23.6. The van der Waals surface area contributed by atoms with Crippen LogP contribution in [-0.2, 0) is 0 Å². The van der Waals surface area contributed by atoms with Crippen LogP contribution >= 0.6 is 11.6 Å². The molecule has 1 unspecified atom stereocenters. The van der Waals surface area contributed by atoms with E-state index in [0.717, 1.165) is 0 Å². The Balaban J connectivity index is 2.54. The molecule has 0 aliphatic carbocycles. The van der Waals surface area contributed by atoms with Crippen molar-refractivity contribution in [1.29, 1.82) is 0 Å². The molecule has 0 aliphatic heterocycles. The van der Waals surface area contributed by atoms with Crippen molar-refractivity contribution in [2.75, 3.05) is 13.1 Å². The topological polar surface area (TPSA) is 75.4 Å². The summed E-state index contributed by atoms with van der Waals surface area (Å²) < 4.78 is 0. The molecule has 0 aliphatic rings. The summed E-state index contributed by atoms with van der Waals surface area (Å²) in [6, 6.07) is 5.78. The maximum Gasteiger partial charge on any atom is 0.269 e. The smallest absolute Gasteiger partial charge is 0.269 e. The van der Waals surface area contributed by atoms with E-state index in [9.17, 15) is 15.2 Å². The Morgan fingerprint density at radius 3 is 2.59 bits per heavy atom. The molecular weight excluding hydrogens is 244 g/mol. The average Bonchev–Trinajstić information content (AvgIpc) is 2.28. The fourth-order valence-corrected chi connectivity index (χ4v) is 1.38. The summed E-state index contributed by atoms with van der Waals surface area (Å²) >= 11 is 5.55. The maximum atomic E-state index is 10.4. The van der Waals surface area contributed by atoms with Crippen molar-refractivity contribution < 1.29 is 10.0 Å². The lowest BCUT2D eigenvalue weighted by atomic mass is 10.1. The van der Waals surface area contributed by atoms with Crippen molar-refractivity contribution >= 4 is 17.3 Å². The number of nitrogens with zero attached hydrogens (tertiary/aromatic N) is 1. The lowest BCUT2D eigenvalue weighted by Crippen LogP contribution is -2.22. The number of nitrogens with one attached hydrogen (secondary N) is 1. The second kappa shape index (κ2) is 6.34. The van der Waals surface area contributed by atoms with Gasteiger partial charge in [-0.25, -0.2) is 0 Å². The SMILES string of the molecule is C=C(Cl)CNCC(O)c1ccc([N+](=O)[O-])cc1. The van der Waals surface area contributed by atoms with Gasteiger partial charge in [0.05, 0.1) is 11.0 Å².